The summed E-state index contributed by atoms with van der Waals surface area (Å²) >= 11 is 0. The molecule has 2 aromatic heterocycles. The second kappa shape index (κ2) is 11.8. The second-order valence-corrected chi connectivity index (χ2v) is 6.71. The van der Waals surface area contributed by atoms with Crippen LogP contribution in [0.5, 0.6) is 0 Å². The van der Waals surface area contributed by atoms with Gasteiger partial charge in [0.05, 0.1) is 0 Å². The maximum atomic E-state index is 12.6. The van der Waals surface area contributed by atoms with Crippen LogP contribution in [0.1, 0.15) is 0 Å². The monoisotopic (exact) mass is 595 g/mol. The van der Waals surface area contributed by atoms with Crippen LogP contribution in [0.25, 0.3) is 33.6 Å². The Morgan fingerprint density at radius 3 is 1.97 bits per heavy atom. The van der Waals surface area contributed by atoms with Crippen molar-refractivity contribution in [1.29, 1.82) is 0 Å². The zero-order valence-corrected chi connectivity index (χ0v) is 19.5. The number of benzene rings is 3. The molecule has 5 aromatic rings. The standard InChI is InChI=1S/C17H12N.C11H7FN.Ir/c1-3-7-14(8-4-1)16-11-12-17(18-13-16)15-9-5-2-6-10-15;12-10-6-4-9(5-7-10)11-3-1-2-8-13-11;/h1-9,11-13H;1-4,6-8H;/q2*-1;. The van der Waals surface area contributed by atoms with Gasteiger partial charge in [-0.25, -0.2) is 0 Å². The van der Waals surface area contributed by atoms with Crippen LogP contribution >= 0.6 is 0 Å². The maximum absolute atomic E-state index is 12.6. The topological polar surface area (TPSA) is 25.8 Å². The van der Waals surface area contributed by atoms with Gasteiger partial charge in [-0.05, 0) is 28.6 Å². The summed E-state index contributed by atoms with van der Waals surface area (Å²) in [5.41, 5.74) is 5.92. The van der Waals surface area contributed by atoms with Crippen molar-refractivity contribution >= 4 is 0 Å². The summed E-state index contributed by atoms with van der Waals surface area (Å²) in [4.78, 5) is 8.62. The van der Waals surface area contributed by atoms with E-state index in [9.17, 15) is 4.39 Å². The maximum Gasteiger partial charge on any atom is 0.0379 e. The number of aromatic nitrogens is 2. The molecule has 3 aromatic carbocycles. The molecule has 0 aliphatic carbocycles. The first kappa shape index (κ1) is 23.2. The van der Waals surface area contributed by atoms with Crippen molar-refractivity contribution in [1.82, 2.24) is 9.97 Å². The van der Waals surface area contributed by atoms with Gasteiger partial charge in [0.2, 0.25) is 0 Å². The fraction of sp³-hybridized carbons (Fsp3) is 0. The number of pyridine rings is 2. The summed E-state index contributed by atoms with van der Waals surface area (Å²) in [7, 11) is 0. The fourth-order valence-electron chi connectivity index (χ4n) is 2.99. The molecule has 0 N–H and O–H groups in total. The van der Waals surface area contributed by atoms with Crippen molar-refractivity contribution in [2.75, 3.05) is 0 Å². The Bertz CT molecular complexity index is 1140. The third-order valence-electron chi connectivity index (χ3n) is 4.57. The quantitative estimate of drug-likeness (QED) is 0.213. The fourth-order valence-corrected chi connectivity index (χ4v) is 2.99. The summed E-state index contributed by atoms with van der Waals surface area (Å²) in [6, 6.07) is 38.2. The van der Waals surface area contributed by atoms with Crippen LogP contribution in [-0.4, -0.2) is 9.97 Å². The Morgan fingerprint density at radius 1 is 0.594 bits per heavy atom. The normalized spacial score (nSPS) is 9.78. The van der Waals surface area contributed by atoms with E-state index >= 15 is 0 Å². The van der Waals surface area contributed by atoms with Gasteiger partial charge in [-0.15, -0.1) is 65.7 Å². The predicted octanol–water partition coefficient (Wildman–Crippen LogP) is 6.90. The molecule has 32 heavy (non-hydrogen) atoms. The van der Waals surface area contributed by atoms with Crippen LogP contribution in [-0.2, 0) is 20.1 Å². The molecule has 0 unspecified atom stereocenters. The van der Waals surface area contributed by atoms with Crippen LogP contribution in [0.4, 0.5) is 4.39 Å². The zero-order valence-electron chi connectivity index (χ0n) is 17.1. The van der Waals surface area contributed by atoms with E-state index in [1.54, 1.807) is 12.3 Å². The van der Waals surface area contributed by atoms with E-state index in [4.69, 9.17) is 0 Å². The average molecular weight is 595 g/mol. The van der Waals surface area contributed by atoms with Crippen molar-refractivity contribution < 1.29 is 24.5 Å². The minimum Gasteiger partial charge on any atom is -0.305 e. The Hall–Kier alpha value is -3.46. The zero-order chi connectivity index (χ0) is 21.3. The molecular weight excluding hydrogens is 576 g/mol. The SMILES string of the molecule is Fc1c[c-]c(-c2ccccn2)cc1.[Ir].[c-]1ccccc1-c1ccc(-c2ccccc2)cn1. The van der Waals surface area contributed by atoms with Gasteiger partial charge in [-0.1, -0.05) is 54.6 Å². The van der Waals surface area contributed by atoms with Crippen LogP contribution in [0, 0.1) is 17.9 Å². The van der Waals surface area contributed by atoms with Crippen molar-refractivity contribution in [2.24, 2.45) is 0 Å². The van der Waals surface area contributed by atoms with Crippen molar-refractivity contribution in [3.05, 3.63) is 133 Å². The first-order chi connectivity index (χ1) is 15.3. The summed E-state index contributed by atoms with van der Waals surface area (Å²) in [5, 5.41) is 0. The third-order valence-corrected chi connectivity index (χ3v) is 4.57. The van der Waals surface area contributed by atoms with Crippen LogP contribution in [0.2, 0.25) is 0 Å². The molecule has 159 valence electrons. The van der Waals surface area contributed by atoms with Crippen LogP contribution in [0.3, 0.4) is 0 Å². The second-order valence-electron chi connectivity index (χ2n) is 6.71. The first-order valence-corrected chi connectivity index (χ1v) is 9.87. The van der Waals surface area contributed by atoms with Gasteiger partial charge in [0.25, 0.3) is 0 Å². The largest absolute Gasteiger partial charge is 0.305 e. The Kier molecular flexibility index (Phi) is 8.56. The van der Waals surface area contributed by atoms with Gasteiger partial charge >= 0.3 is 0 Å². The molecule has 0 fully saturated rings. The predicted molar refractivity (Wildman–Crippen MR) is 122 cm³/mol. The molecular formula is C28H19FIrN2-2. The van der Waals surface area contributed by atoms with E-state index in [2.05, 4.69) is 40.3 Å². The molecule has 0 amide bonds. The van der Waals surface area contributed by atoms with Gasteiger partial charge in [-0.3, -0.25) is 4.39 Å². The van der Waals surface area contributed by atoms with Gasteiger partial charge in [0.15, 0.2) is 0 Å². The molecule has 0 atom stereocenters. The molecule has 2 heterocycles. The minimum atomic E-state index is -0.278. The molecule has 0 aliphatic rings. The summed E-state index contributed by atoms with van der Waals surface area (Å²) in [6.45, 7) is 0. The first-order valence-electron chi connectivity index (χ1n) is 9.87. The number of hydrogen-bond donors (Lipinski definition) is 0. The summed E-state index contributed by atoms with van der Waals surface area (Å²) in [5.74, 6) is -0.278. The van der Waals surface area contributed by atoms with Crippen LogP contribution < -0.4 is 0 Å². The molecule has 0 saturated carbocycles. The van der Waals surface area contributed by atoms with Gasteiger partial charge in [0, 0.05) is 38.3 Å². The van der Waals surface area contributed by atoms with E-state index in [0.717, 1.165) is 28.1 Å². The van der Waals surface area contributed by atoms with E-state index in [1.807, 2.05) is 72.9 Å². The molecule has 0 aliphatic heterocycles. The van der Waals surface area contributed by atoms with E-state index < -0.39 is 0 Å². The molecule has 5 rings (SSSR count). The van der Waals surface area contributed by atoms with Crippen molar-refractivity contribution in [3.8, 4) is 33.6 Å². The molecule has 1 radical (unpaired) electrons. The van der Waals surface area contributed by atoms with E-state index in [1.165, 1.54) is 17.7 Å². The van der Waals surface area contributed by atoms with E-state index in [0.29, 0.717) is 0 Å². The molecule has 2 nitrogen and oxygen atoms in total. The average Bonchev–Trinajstić information content (AvgIpc) is 2.87. The van der Waals surface area contributed by atoms with Crippen LogP contribution in [0.15, 0.2) is 116 Å². The number of halogens is 1. The van der Waals surface area contributed by atoms with Gasteiger partial charge < -0.3 is 9.97 Å². The van der Waals surface area contributed by atoms with E-state index in [-0.39, 0.29) is 25.9 Å². The third kappa shape index (κ3) is 6.27. The smallest absolute Gasteiger partial charge is 0.0379 e. The van der Waals surface area contributed by atoms with Gasteiger partial charge in [-0.2, -0.15) is 0 Å². The Labute approximate surface area is 201 Å². The minimum absolute atomic E-state index is 0. The number of nitrogens with zero attached hydrogens (tertiary/aromatic N) is 2. The van der Waals surface area contributed by atoms with Crippen molar-refractivity contribution in [2.45, 2.75) is 0 Å². The molecule has 0 spiro atoms. The molecule has 0 saturated heterocycles. The number of rotatable bonds is 3. The Balaban J connectivity index is 0.000000184. The van der Waals surface area contributed by atoms with Crippen molar-refractivity contribution in [3.63, 3.8) is 0 Å². The van der Waals surface area contributed by atoms with Gasteiger partial charge in [0.1, 0.15) is 0 Å². The summed E-state index contributed by atoms with van der Waals surface area (Å²) in [6.07, 6.45) is 3.61. The molecule has 0 bridgehead atoms. The Morgan fingerprint density at radius 2 is 1.34 bits per heavy atom. The number of hydrogen-bond acceptors (Lipinski definition) is 2. The summed E-state index contributed by atoms with van der Waals surface area (Å²) < 4.78 is 12.6. The molecule has 4 heteroatoms.